The summed E-state index contributed by atoms with van der Waals surface area (Å²) in [5.74, 6) is 0.454. The minimum Gasteiger partial charge on any atom is -0.495 e. The number of hydrogen-bond acceptors (Lipinski definition) is 4. The highest BCUT2D eigenvalue weighted by Crippen LogP contribution is 2.33. The molecule has 6 heteroatoms. The lowest BCUT2D eigenvalue weighted by molar-refractivity contribution is -0.119. The number of para-hydroxylation sites is 1. The first-order chi connectivity index (χ1) is 12.9. The minimum absolute atomic E-state index is 0.000525. The van der Waals surface area contributed by atoms with Crippen LogP contribution in [0.2, 0.25) is 0 Å². The lowest BCUT2D eigenvalue weighted by Gasteiger charge is -2.27. The van der Waals surface area contributed by atoms with Crippen LogP contribution >= 0.6 is 0 Å². The van der Waals surface area contributed by atoms with Gasteiger partial charge in [-0.25, -0.2) is 0 Å². The van der Waals surface area contributed by atoms with Crippen molar-refractivity contribution in [1.29, 1.82) is 0 Å². The molecule has 0 spiro atoms. The van der Waals surface area contributed by atoms with E-state index in [1.54, 1.807) is 25.3 Å². The monoisotopic (exact) mass is 367 g/mol. The van der Waals surface area contributed by atoms with Gasteiger partial charge >= 0.3 is 0 Å². The topological polar surface area (TPSA) is 70.7 Å². The average Bonchev–Trinajstić information content (AvgIpc) is 2.96. The molecule has 2 N–H and O–H groups in total. The van der Waals surface area contributed by atoms with Crippen LogP contribution in [-0.2, 0) is 16.0 Å². The minimum atomic E-state index is -0.458. The van der Waals surface area contributed by atoms with Gasteiger partial charge in [-0.2, -0.15) is 0 Å². The Hall–Kier alpha value is -3.02. The van der Waals surface area contributed by atoms with Gasteiger partial charge in [-0.15, -0.1) is 0 Å². The van der Waals surface area contributed by atoms with Crippen LogP contribution in [-0.4, -0.2) is 31.0 Å². The molecule has 1 aliphatic heterocycles. The summed E-state index contributed by atoms with van der Waals surface area (Å²) < 4.78 is 5.39. The number of ether oxygens (including phenoxy) is 1. The predicted octanol–water partition coefficient (Wildman–Crippen LogP) is 3.43. The van der Waals surface area contributed by atoms with E-state index < -0.39 is 6.04 Å². The van der Waals surface area contributed by atoms with Crippen LogP contribution in [0.15, 0.2) is 42.5 Å². The summed E-state index contributed by atoms with van der Waals surface area (Å²) in [4.78, 5) is 26.3. The van der Waals surface area contributed by atoms with Crippen LogP contribution in [0.25, 0.3) is 0 Å². The molecule has 0 saturated heterocycles. The van der Waals surface area contributed by atoms with Crippen molar-refractivity contribution in [2.24, 2.45) is 0 Å². The number of anilines is 3. The molecule has 1 heterocycles. The number of carbonyl (C=O) groups excluding carboxylic acids is 2. The Morgan fingerprint density at radius 3 is 2.67 bits per heavy atom. The Kier molecular flexibility index (Phi) is 5.35. The first-order valence-corrected chi connectivity index (χ1v) is 9.04. The molecule has 0 unspecified atom stereocenters. The van der Waals surface area contributed by atoms with Gasteiger partial charge in [0.15, 0.2) is 0 Å². The second-order valence-corrected chi connectivity index (χ2v) is 6.85. The SMILES string of the molecule is COc1ccc(NC(C)=O)cc1N[C@@H](C)C(=O)N1c2ccccc2C[C@H]1C. The van der Waals surface area contributed by atoms with Crippen LogP contribution < -0.4 is 20.3 Å². The summed E-state index contributed by atoms with van der Waals surface area (Å²) in [6.45, 7) is 5.35. The molecule has 0 fully saturated rings. The predicted molar refractivity (Wildman–Crippen MR) is 107 cm³/mol. The first-order valence-electron chi connectivity index (χ1n) is 9.04. The number of methoxy groups -OCH3 is 1. The summed E-state index contributed by atoms with van der Waals surface area (Å²) in [5, 5.41) is 5.98. The maximum Gasteiger partial charge on any atom is 0.249 e. The molecule has 0 radical (unpaired) electrons. The van der Waals surface area contributed by atoms with E-state index >= 15 is 0 Å². The van der Waals surface area contributed by atoms with Gasteiger partial charge in [0.2, 0.25) is 11.8 Å². The van der Waals surface area contributed by atoms with Crippen LogP contribution in [0, 0.1) is 0 Å². The Balaban J connectivity index is 1.82. The van der Waals surface area contributed by atoms with Gasteiger partial charge < -0.3 is 20.3 Å². The van der Waals surface area contributed by atoms with E-state index in [4.69, 9.17) is 4.74 Å². The molecule has 2 amide bonds. The molecular formula is C21H25N3O3. The number of benzene rings is 2. The summed E-state index contributed by atoms with van der Waals surface area (Å²) in [7, 11) is 1.57. The molecule has 1 aliphatic rings. The molecule has 2 aromatic carbocycles. The van der Waals surface area contributed by atoms with Gasteiger partial charge in [0.1, 0.15) is 11.8 Å². The van der Waals surface area contributed by atoms with Gasteiger partial charge in [-0.1, -0.05) is 18.2 Å². The summed E-state index contributed by atoms with van der Waals surface area (Å²) >= 11 is 0. The lowest BCUT2D eigenvalue weighted by atomic mass is 10.1. The van der Waals surface area contributed by atoms with E-state index in [0.717, 1.165) is 12.1 Å². The molecule has 2 aromatic rings. The van der Waals surface area contributed by atoms with Crippen molar-refractivity contribution in [2.75, 3.05) is 22.6 Å². The number of nitrogens with zero attached hydrogens (tertiary/aromatic N) is 1. The zero-order valence-corrected chi connectivity index (χ0v) is 16.1. The van der Waals surface area contributed by atoms with E-state index in [2.05, 4.69) is 23.6 Å². The van der Waals surface area contributed by atoms with E-state index in [1.807, 2.05) is 30.0 Å². The third-order valence-corrected chi connectivity index (χ3v) is 4.71. The summed E-state index contributed by atoms with van der Waals surface area (Å²) in [6.07, 6.45) is 0.857. The molecule has 2 atom stereocenters. The maximum absolute atomic E-state index is 13.1. The number of hydrogen-bond donors (Lipinski definition) is 2. The lowest BCUT2D eigenvalue weighted by Crippen LogP contribution is -2.44. The second-order valence-electron chi connectivity index (χ2n) is 6.85. The van der Waals surface area contributed by atoms with Gasteiger partial charge in [0, 0.05) is 24.3 Å². The van der Waals surface area contributed by atoms with E-state index in [0.29, 0.717) is 17.1 Å². The van der Waals surface area contributed by atoms with E-state index in [1.165, 1.54) is 12.5 Å². The normalized spacial score (nSPS) is 16.4. The van der Waals surface area contributed by atoms with Crippen LogP contribution in [0.4, 0.5) is 17.1 Å². The highest BCUT2D eigenvalue weighted by atomic mass is 16.5. The Morgan fingerprint density at radius 2 is 1.96 bits per heavy atom. The van der Waals surface area contributed by atoms with Crippen molar-refractivity contribution >= 4 is 28.9 Å². The van der Waals surface area contributed by atoms with Crippen molar-refractivity contribution in [3.05, 3.63) is 48.0 Å². The van der Waals surface area contributed by atoms with Crippen molar-refractivity contribution in [3.63, 3.8) is 0 Å². The molecule has 0 aliphatic carbocycles. The highest BCUT2D eigenvalue weighted by molar-refractivity contribution is 6.01. The van der Waals surface area contributed by atoms with Gasteiger partial charge in [-0.3, -0.25) is 9.59 Å². The highest BCUT2D eigenvalue weighted by Gasteiger charge is 2.33. The fourth-order valence-corrected chi connectivity index (χ4v) is 3.51. The largest absolute Gasteiger partial charge is 0.495 e. The van der Waals surface area contributed by atoms with Gasteiger partial charge in [0.05, 0.1) is 12.8 Å². The zero-order valence-electron chi connectivity index (χ0n) is 16.1. The third-order valence-electron chi connectivity index (χ3n) is 4.71. The van der Waals surface area contributed by atoms with E-state index in [-0.39, 0.29) is 17.9 Å². The third kappa shape index (κ3) is 3.89. The molecule has 6 nitrogen and oxygen atoms in total. The molecule has 27 heavy (non-hydrogen) atoms. The number of rotatable bonds is 5. The molecule has 0 saturated carbocycles. The smallest absolute Gasteiger partial charge is 0.249 e. The number of nitrogens with one attached hydrogen (secondary N) is 2. The van der Waals surface area contributed by atoms with Gasteiger partial charge in [0.25, 0.3) is 0 Å². The number of carbonyl (C=O) groups is 2. The quantitative estimate of drug-likeness (QED) is 0.849. The van der Waals surface area contributed by atoms with Crippen LogP contribution in [0.1, 0.15) is 26.3 Å². The molecule has 0 bridgehead atoms. The zero-order chi connectivity index (χ0) is 19.6. The second kappa shape index (κ2) is 7.70. The Morgan fingerprint density at radius 1 is 1.22 bits per heavy atom. The standard InChI is InChI=1S/C21H25N3O3/c1-13-11-16-7-5-6-8-19(16)24(13)21(26)14(2)22-18-12-17(23-15(3)25)9-10-20(18)27-4/h5-10,12-14,22H,11H2,1-4H3,(H,23,25)/t13-,14+/m1/s1. The molecule has 3 rings (SSSR count). The average molecular weight is 367 g/mol. The van der Waals surface area contributed by atoms with Crippen molar-refractivity contribution < 1.29 is 14.3 Å². The molecular weight excluding hydrogens is 342 g/mol. The Labute approximate surface area is 159 Å². The van der Waals surface area contributed by atoms with Crippen LogP contribution in [0.3, 0.4) is 0 Å². The Bertz CT molecular complexity index is 866. The fraction of sp³-hybridized carbons (Fsp3) is 0.333. The summed E-state index contributed by atoms with van der Waals surface area (Å²) in [6, 6.07) is 13.0. The molecule has 142 valence electrons. The van der Waals surface area contributed by atoms with Gasteiger partial charge in [-0.05, 0) is 50.1 Å². The van der Waals surface area contributed by atoms with E-state index in [9.17, 15) is 9.59 Å². The van der Waals surface area contributed by atoms with Crippen LogP contribution in [0.5, 0.6) is 5.75 Å². The molecule has 0 aromatic heterocycles. The fourth-order valence-electron chi connectivity index (χ4n) is 3.51. The summed E-state index contributed by atoms with van der Waals surface area (Å²) in [5.41, 5.74) is 3.47. The number of fused-ring (bicyclic) bond motifs is 1. The number of amides is 2. The van der Waals surface area contributed by atoms with Crippen molar-refractivity contribution in [2.45, 2.75) is 39.3 Å². The first kappa shape index (κ1) is 18.8. The van der Waals surface area contributed by atoms with Crippen molar-refractivity contribution in [3.8, 4) is 5.75 Å². The maximum atomic E-state index is 13.1. The van der Waals surface area contributed by atoms with Crippen molar-refractivity contribution in [1.82, 2.24) is 0 Å².